The summed E-state index contributed by atoms with van der Waals surface area (Å²) in [6.45, 7) is 10.7. The van der Waals surface area contributed by atoms with E-state index in [4.69, 9.17) is 4.98 Å². The van der Waals surface area contributed by atoms with Crippen LogP contribution >= 0.6 is 0 Å². The second kappa shape index (κ2) is 8.52. The van der Waals surface area contributed by atoms with Crippen molar-refractivity contribution in [3.05, 3.63) is 82.8 Å². The quantitative estimate of drug-likeness (QED) is 0.449. The minimum atomic E-state index is -0.219. The fraction of sp³-hybridized carbons (Fsp3) is 0.269. The second-order valence-electron chi connectivity index (χ2n) is 7.43. The SMILES string of the molecule is C/C=C/c1c(C(C)C)nc(-c2ccccc2CC)c(C)c1-c1ccc(F)cc1. The van der Waals surface area contributed by atoms with Crippen LogP contribution in [0.2, 0.25) is 0 Å². The third-order valence-electron chi connectivity index (χ3n) is 5.17. The van der Waals surface area contributed by atoms with Gasteiger partial charge in [-0.3, -0.25) is 4.98 Å². The molecule has 28 heavy (non-hydrogen) atoms. The van der Waals surface area contributed by atoms with E-state index in [1.165, 1.54) is 23.3 Å². The predicted octanol–water partition coefficient (Wildman–Crippen LogP) is 7.58. The number of pyridine rings is 1. The fourth-order valence-electron chi connectivity index (χ4n) is 3.80. The van der Waals surface area contributed by atoms with Crippen LogP contribution in [-0.2, 0) is 6.42 Å². The number of hydrogen-bond acceptors (Lipinski definition) is 1. The molecular weight excluding hydrogens is 345 g/mol. The van der Waals surface area contributed by atoms with E-state index in [9.17, 15) is 4.39 Å². The summed E-state index contributed by atoms with van der Waals surface area (Å²) in [4.78, 5) is 5.15. The van der Waals surface area contributed by atoms with Gasteiger partial charge in [0.15, 0.2) is 0 Å². The summed E-state index contributed by atoms with van der Waals surface area (Å²) in [6, 6.07) is 15.3. The molecule has 0 N–H and O–H groups in total. The largest absolute Gasteiger partial charge is 0.252 e. The van der Waals surface area contributed by atoms with Crippen LogP contribution in [0.15, 0.2) is 54.6 Å². The Balaban J connectivity index is 2.41. The zero-order valence-corrected chi connectivity index (χ0v) is 17.4. The van der Waals surface area contributed by atoms with Crippen LogP contribution in [0.5, 0.6) is 0 Å². The molecule has 0 saturated carbocycles. The Labute approximate surface area is 168 Å². The van der Waals surface area contributed by atoms with Crippen LogP contribution < -0.4 is 0 Å². The van der Waals surface area contributed by atoms with E-state index in [0.29, 0.717) is 0 Å². The highest BCUT2D eigenvalue weighted by atomic mass is 19.1. The molecule has 144 valence electrons. The molecule has 0 bridgehead atoms. The van der Waals surface area contributed by atoms with Crippen molar-refractivity contribution in [1.82, 2.24) is 4.98 Å². The number of allylic oxidation sites excluding steroid dienone is 1. The standard InChI is InChI=1S/C26H28FN/c1-6-10-23-24(20-13-15-21(27)16-14-20)18(5)26(28-25(23)17(3)4)22-12-9-8-11-19(22)7-2/h6,8-17H,7H2,1-5H3/b10-6+. The molecule has 0 atom stereocenters. The molecule has 1 aromatic heterocycles. The first kappa shape index (κ1) is 20.0. The van der Waals surface area contributed by atoms with E-state index in [1.54, 1.807) is 0 Å². The van der Waals surface area contributed by atoms with Crippen molar-refractivity contribution in [3.8, 4) is 22.4 Å². The molecule has 0 fully saturated rings. The van der Waals surface area contributed by atoms with Gasteiger partial charge in [-0.15, -0.1) is 0 Å². The third-order valence-corrected chi connectivity index (χ3v) is 5.17. The minimum Gasteiger partial charge on any atom is -0.252 e. The topological polar surface area (TPSA) is 12.9 Å². The van der Waals surface area contributed by atoms with E-state index >= 15 is 0 Å². The highest BCUT2D eigenvalue weighted by Crippen LogP contribution is 2.39. The Morgan fingerprint density at radius 3 is 2.32 bits per heavy atom. The average Bonchev–Trinajstić information content (AvgIpc) is 2.69. The van der Waals surface area contributed by atoms with Crippen molar-refractivity contribution in [1.29, 1.82) is 0 Å². The summed E-state index contributed by atoms with van der Waals surface area (Å²) in [6.07, 6.45) is 5.13. The van der Waals surface area contributed by atoms with Gasteiger partial charge in [0.05, 0.1) is 11.4 Å². The van der Waals surface area contributed by atoms with Crippen molar-refractivity contribution in [2.45, 2.75) is 47.0 Å². The molecule has 1 nitrogen and oxygen atoms in total. The summed E-state index contributed by atoms with van der Waals surface area (Å²) in [5.41, 5.74) is 8.97. The van der Waals surface area contributed by atoms with Gasteiger partial charge < -0.3 is 0 Å². The van der Waals surface area contributed by atoms with E-state index < -0.39 is 0 Å². The van der Waals surface area contributed by atoms with Crippen LogP contribution in [0.1, 0.15) is 56.0 Å². The van der Waals surface area contributed by atoms with Gasteiger partial charge >= 0.3 is 0 Å². The van der Waals surface area contributed by atoms with Crippen molar-refractivity contribution in [2.75, 3.05) is 0 Å². The molecule has 3 aromatic rings. The summed E-state index contributed by atoms with van der Waals surface area (Å²) in [7, 11) is 0. The minimum absolute atomic E-state index is 0.219. The zero-order chi connectivity index (χ0) is 20.3. The highest BCUT2D eigenvalue weighted by molar-refractivity contribution is 5.85. The molecule has 2 heteroatoms. The van der Waals surface area contributed by atoms with Crippen molar-refractivity contribution in [2.24, 2.45) is 0 Å². The number of benzene rings is 2. The number of nitrogens with zero attached hydrogens (tertiary/aromatic N) is 1. The Kier molecular flexibility index (Phi) is 6.08. The zero-order valence-electron chi connectivity index (χ0n) is 17.4. The van der Waals surface area contributed by atoms with Crippen LogP contribution in [0, 0.1) is 12.7 Å². The summed E-state index contributed by atoms with van der Waals surface area (Å²) in [5, 5.41) is 0. The van der Waals surface area contributed by atoms with Gasteiger partial charge in [-0.05, 0) is 60.6 Å². The Morgan fingerprint density at radius 1 is 1.04 bits per heavy atom. The van der Waals surface area contributed by atoms with E-state index in [-0.39, 0.29) is 11.7 Å². The number of aromatic nitrogens is 1. The Hall–Kier alpha value is -2.74. The Morgan fingerprint density at radius 2 is 1.71 bits per heavy atom. The first-order chi connectivity index (χ1) is 13.5. The predicted molar refractivity (Wildman–Crippen MR) is 118 cm³/mol. The van der Waals surface area contributed by atoms with Gasteiger partial charge in [0, 0.05) is 11.1 Å². The first-order valence-corrected chi connectivity index (χ1v) is 9.99. The molecule has 0 radical (unpaired) electrons. The van der Waals surface area contributed by atoms with E-state index in [2.05, 4.69) is 64.1 Å². The number of halogens is 1. The summed E-state index contributed by atoms with van der Waals surface area (Å²) >= 11 is 0. The maximum absolute atomic E-state index is 13.6. The van der Waals surface area contributed by atoms with E-state index in [0.717, 1.165) is 40.1 Å². The van der Waals surface area contributed by atoms with Crippen molar-refractivity contribution >= 4 is 6.08 Å². The molecule has 0 aliphatic rings. The van der Waals surface area contributed by atoms with Crippen LogP contribution in [0.4, 0.5) is 4.39 Å². The lowest BCUT2D eigenvalue weighted by atomic mass is 9.87. The lowest BCUT2D eigenvalue weighted by Gasteiger charge is -2.21. The monoisotopic (exact) mass is 373 g/mol. The maximum Gasteiger partial charge on any atom is 0.123 e. The van der Waals surface area contributed by atoms with Crippen LogP contribution in [0.3, 0.4) is 0 Å². The van der Waals surface area contributed by atoms with Crippen LogP contribution in [0.25, 0.3) is 28.5 Å². The van der Waals surface area contributed by atoms with Crippen molar-refractivity contribution < 1.29 is 4.39 Å². The third kappa shape index (κ3) is 3.77. The van der Waals surface area contributed by atoms with Gasteiger partial charge in [0.25, 0.3) is 0 Å². The van der Waals surface area contributed by atoms with Gasteiger partial charge in [-0.1, -0.05) is 69.3 Å². The number of rotatable bonds is 5. The lowest BCUT2D eigenvalue weighted by molar-refractivity contribution is 0.628. The molecule has 0 aliphatic carbocycles. The fourth-order valence-corrected chi connectivity index (χ4v) is 3.80. The number of hydrogen-bond donors (Lipinski definition) is 0. The molecule has 0 unspecified atom stereocenters. The second-order valence-corrected chi connectivity index (χ2v) is 7.43. The van der Waals surface area contributed by atoms with Gasteiger partial charge in [-0.25, -0.2) is 4.39 Å². The molecule has 0 spiro atoms. The van der Waals surface area contributed by atoms with Gasteiger partial charge in [0.1, 0.15) is 5.82 Å². The summed E-state index contributed by atoms with van der Waals surface area (Å²) < 4.78 is 13.6. The molecule has 3 rings (SSSR count). The molecule has 2 aromatic carbocycles. The first-order valence-electron chi connectivity index (χ1n) is 9.99. The smallest absolute Gasteiger partial charge is 0.123 e. The van der Waals surface area contributed by atoms with Gasteiger partial charge in [-0.2, -0.15) is 0 Å². The van der Waals surface area contributed by atoms with Crippen molar-refractivity contribution in [3.63, 3.8) is 0 Å². The number of aryl methyl sites for hydroxylation is 1. The van der Waals surface area contributed by atoms with Gasteiger partial charge in [0.2, 0.25) is 0 Å². The summed E-state index contributed by atoms with van der Waals surface area (Å²) in [5.74, 6) is 0.0576. The normalized spacial score (nSPS) is 11.5. The maximum atomic E-state index is 13.6. The highest BCUT2D eigenvalue weighted by Gasteiger charge is 2.20. The molecular formula is C26H28FN. The molecule has 1 heterocycles. The van der Waals surface area contributed by atoms with Crippen LogP contribution in [-0.4, -0.2) is 4.98 Å². The Bertz CT molecular complexity index is 998. The molecule has 0 saturated heterocycles. The molecule has 0 amide bonds. The lowest BCUT2D eigenvalue weighted by Crippen LogP contribution is -2.05. The molecule has 0 aliphatic heterocycles. The van der Waals surface area contributed by atoms with E-state index in [1.807, 2.05) is 19.1 Å². The average molecular weight is 374 g/mol.